The molecule has 1 fully saturated rings. The Labute approximate surface area is 479 Å². The van der Waals surface area contributed by atoms with Crippen molar-refractivity contribution in [2.24, 2.45) is 0 Å². The molecule has 0 aromatic carbocycles. The van der Waals surface area contributed by atoms with E-state index in [2.05, 4.69) is 118 Å². The highest BCUT2D eigenvalue weighted by Crippen LogP contribution is 2.26. The lowest BCUT2D eigenvalue weighted by atomic mass is 9.98. The largest absolute Gasteiger partial charge is 0.479 e. The number of ether oxygens (including phenoxy) is 5. The number of hydrogen-bond donors (Lipinski definition) is 3. The first-order chi connectivity index (χ1) is 38.6. The molecule has 1 rings (SSSR count). The summed E-state index contributed by atoms with van der Waals surface area (Å²) in [6.45, 7) is 5.80. The third-order valence-corrected chi connectivity index (χ3v) is 13.6. The van der Waals surface area contributed by atoms with Crippen LogP contribution in [-0.4, -0.2) is 89.2 Å². The summed E-state index contributed by atoms with van der Waals surface area (Å²) in [5, 5.41) is 31.6. The molecule has 12 nitrogen and oxygen atoms in total. The van der Waals surface area contributed by atoms with Gasteiger partial charge in [0.1, 0.15) is 18.8 Å². The molecule has 1 aliphatic rings. The van der Waals surface area contributed by atoms with Crippen LogP contribution >= 0.6 is 0 Å². The lowest BCUT2D eigenvalue weighted by Crippen LogP contribution is -2.61. The highest BCUT2D eigenvalue weighted by molar-refractivity contribution is 5.74. The zero-order chi connectivity index (χ0) is 57.5. The van der Waals surface area contributed by atoms with Crippen LogP contribution in [0.5, 0.6) is 0 Å². The number of aliphatic carboxylic acids is 1. The number of carbonyl (C=O) groups excluding carboxylic acids is 3. The van der Waals surface area contributed by atoms with Gasteiger partial charge < -0.3 is 39.0 Å². The van der Waals surface area contributed by atoms with Crippen molar-refractivity contribution in [1.82, 2.24) is 0 Å². The van der Waals surface area contributed by atoms with Gasteiger partial charge in [0.25, 0.3) is 0 Å². The minimum Gasteiger partial charge on any atom is -0.479 e. The fourth-order valence-corrected chi connectivity index (χ4v) is 8.83. The highest BCUT2D eigenvalue weighted by atomic mass is 16.7. The molecule has 0 aliphatic carbocycles. The molecular weight excluding hydrogens is 997 g/mol. The number of aliphatic hydroxyl groups is 2. The molecule has 0 aromatic heterocycles. The van der Waals surface area contributed by atoms with Gasteiger partial charge in [-0.05, 0) is 122 Å². The van der Waals surface area contributed by atoms with E-state index in [1.807, 2.05) is 0 Å². The minimum absolute atomic E-state index is 0.0435. The Morgan fingerprint density at radius 1 is 0.430 bits per heavy atom. The number of allylic oxidation sites excluding steroid dienone is 16. The van der Waals surface area contributed by atoms with E-state index in [1.54, 1.807) is 0 Å². The van der Waals surface area contributed by atoms with Gasteiger partial charge in [0.05, 0.1) is 6.61 Å². The summed E-state index contributed by atoms with van der Waals surface area (Å²) in [5.41, 5.74) is 0. The number of aliphatic hydroxyl groups excluding tert-OH is 2. The molecule has 0 radical (unpaired) electrons. The second kappa shape index (κ2) is 54.2. The summed E-state index contributed by atoms with van der Waals surface area (Å²) < 4.78 is 28.5. The molecule has 79 heavy (non-hydrogen) atoms. The number of carbonyl (C=O) groups is 4. The molecule has 0 spiro atoms. The minimum atomic E-state index is -1.92. The molecule has 0 aromatic rings. The second-order valence-electron chi connectivity index (χ2n) is 20.9. The number of esters is 3. The maximum absolute atomic E-state index is 13.2. The molecule has 3 N–H and O–H groups in total. The van der Waals surface area contributed by atoms with Gasteiger partial charge in [-0.25, -0.2) is 4.79 Å². The first-order valence-corrected chi connectivity index (χ1v) is 31.2. The number of carboxylic acids is 1. The van der Waals surface area contributed by atoms with E-state index in [-0.39, 0.29) is 25.9 Å². The zero-order valence-electron chi connectivity index (χ0n) is 49.6. The smallest absolute Gasteiger partial charge is 0.335 e. The van der Waals surface area contributed by atoms with Gasteiger partial charge in [0.2, 0.25) is 0 Å². The topological polar surface area (TPSA) is 175 Å². The Balaban J connectivity index is 2.71. The van der Waals surface area contributed by atoms with Crippen molar-refractivity contribution in [3.63, 3.8) is 0 Å². The van der Waals surface area contributed by atoms with Gasteiger partial charge in [0.15, 0.2) is 24.6 Å². The molecule has 1 heterocycles. The second-order valence-corrected chi connectivity index (χ2v) is 20.9. The Bertz CT molecular complexity index is 1740. The standard InChI is InChI=1S/C67H110O12/c1-4-7-10-13-16-19-22-25-28-30-33-35-38-41-44-47-50-53-59(68)75-56-58(77-60(69)54-51-48-45-42-39-36-32-27-24-21-18-15-12-9-6-3)57-76-67-65(63(72)62(71)64(79-67)66(73)74)78-61(70)55-52-49-46-43-40-37-34-31-29-26-23-20-17-14-11-8-5-2/h7,10,16-21,25-29,32-33,35,58,62-65,67,71-72H,4-6,8-9,11-15,22-24,30-31,34,36-57H2,1-3H3,(H,73,74)/b10-7-,19-16-,20-17-,21-18-,28-25-,29-26-,32-27-,35-33-. The Hall–Kier alpha value is -4.36. The summed E-state index contributed by atoms with van der Waals surface area (Å²) >= 11 is 0. The van der Waals surface area contributed by atoms with Gasteiger partial charge in [0, 0.05) is 19.3 Å². The van der Waals surface area contributed by atoms with E-state index in [0.717, 1.165) is 154 Å². The van der Waals surface area contributed by atoms with Crippen LogP contribution in [-0.2, 0) is 42.9 Å². The number of carboxylic acid groups (broad SMARTS) is 1. The van der Waals surface area contributed by atoms with Crippen molar-refractivity contribution in [2.75, 3.05) is 13.2 Å². The normalized spacial score (nSPS) is 18.5. The van der Waals surface area contributed by atoms with Crippen molar-refractivity contribution < 1.29 is 58.2 Å². The zero-order valence-corrected chi connectivity index (χ0v) is 49.6. The van der Waals surface area contributed by atoms with E-state index in [0.29, 0.717) is 19.3 Å². The third-order valence-electron chi connectivity index (χ3n) is 13.6. The number of hydrogen-bond acceptors (Lipinski definition) is 11. The molecule has 12 heteroatoms. The lowest BCUT2D eigenvalue weighted by molar-refractivity contribution is -0.301. The van der Waals surface area contributed by atoms with Gasteiger partial charge in [-0.2, -0.15) is 0 Å². The number of unbranched alkanes of at least 4 members (excludes halogenated alkanes) is 22. The molecule has 0 bridgehead atoms. The third kappa shape index (κ3) is 44.0. The molecule has 1 saturated heterocycles. The Morgan fingerprint density at radius 2 is 0.797 bits per heavy atom. The van der Waals surface area contributed by atoms with Crippen molar-refractivity contribution in [1.29, 1.82) is 0 Å². The van der Waals surface area contributed by atoms with Crippen molar-refractivity contribution in [2.45, 2.75) is 289 Å². The van der Waals surface area contributed by atoms with Gasteiger partial charge in [-0.1, -0.05) is 208 Å². The van der Waals surface area contributed by atoms with Crippen molar-refractivity contribution in [3.8, 4) is 0 Å². The van der Waals surface area contributed by atoms with E-state index in [4.69, 9.17) is 23.7 Å². The van der Waals surface area contributed by atoms with Crippen LogP contribution in [0.3, 0.4) is 0 Å². The summed E-state index contributed by atoms with van der Waals surface area (Å²) in [6, 6.07) is 0. The highest BCUT2D eigenvalue weighted by Gasteiger charge is 2.50. The molecule has 6 unspecified atom stereocenters. The van der Waals surface area contributed by atoms with Gasteiger partial charge >= 0.3 is 23.9 Å². The number of rotatable bonds is 52. The van der Waals surface area contributed by atoms with Crippen molar-refractivity contribution >= 4 is 23.9 Å². The van der Waals surface area contributed by atoms with Crippen LogP contribution in [0.15, 0.2) is 97.2 Å². The molecular formula is C67H110O12. The van der Waals surface area contributed by atoms with E-state index < -0.39 is 67.3 Å². The van der Waals surface area contributed by atoms with Gasteiger partial charge in [-0.15, -0.1) is 0 Å². The molecule has 0 amide bonds. The Morgan fingerprint density at radius 3 is 1.22 bits per heavy atom. The van der Waals surface area contributed by atoms with Crippen LogP contribution in [0.25, 0.3) is 0 Å². The molecule has 6 atom stereocenters. The first-order valence-electron chi connectivity index (χ1n) is 31.2. The van der Waals surface area contributed by atoms with E-state index >= 15 is 0 Å². The molecule has 1 aliphatic heterocycles. The lowest BCUT2D eigenvalue weighted by Gasteiger charge is -2.40. The summed E-state index contributed by atoms with van der Waals surface area (Å²) in [6.07, 6.45) is 59.3. The maximum atomic E-state index is 13.2. The van der Waals surface area contributed by atoms with Crippen LogP contribution in [0.2, 0.25) is 0 Å². The summed E-state index contributed by atoms with van der Waals surface area (Å²) in [5.74, 6) is -3.18. The maximum Gasteiger partial charge on any atom is 0.335 e. The van der Waals surface area contributed by atoms with Crippen LogP contribution in [0.1, 0.15) is 252 Å². The monoisotopic (exact) mass is 1110 g/mol. The average molecular weight is 1110 g/mol. The molecule has 450 valence electrons. The predicted molar refractivity (Wildman–Crippen MR) is 321 cm³/mol. The SMILES string of the molecule is CC/C=C\C/C=C\C/C=C\C/C=C\CCCCCCC(=O)OCC(COC1OC(C(=O)O)C(O)C(O)C1OC(=O)CCCCCCCCC/C=C\C/C=C\CCCCC)OC(=O)CCCCCCC/C=C\C/C=C\CCCCC. The van der Waals surface area contributed by atoms with Crippen LogP contribution < -0.4 is 0 Å². The van der Waals surface area contributed by atoms with E-state index in [1.165, 1.54) is 38.5 Å². The molecule has 0 saturated carbocycles. The summed E-state index contributed by atoms with van der Waals surface area (Å²) in [7, 11) is 0. The van der Waals surface area contributed by atoms with Gasteiger partial charge in [-0.3, -0.25) is 14.4 Å². The Kier molecular flexibility index (Phi) is 49.9. The average Bonchev–Trinajstić information content (AvgIpc) is 3.47. The first kappa shape index (κ1) is 72.7. The van der Waals surface area contributed by atoms with E-state index in [9.17, 15) is 34.5 Å². The quantitative estimate of drug-likeness (QED) is 0.0228. The fraction of sp³-hybridized carbons (Fsp3) is 0.701. The summed E-state index contributed by atoms with van der Waals surface area (Å²) in [4.78, 5) is 51.2. The van der Waals surface area contributed by atoms with Crippen LogP contribution in [0, 0.1) is 0 Å². The van der Waals surface area contributed by atoms with Crippen LogP contribution in [0.4, 0.5) is 0 Å². The van der Waals surface area contributed by atoms with Crippen molar-refractivity contribution in [3.05, 3.63) is 97.2 Å². The fourth-order valence-electron chi connectivity index (χ4n) is 8.83. The predicted octanol–water partition coefficient (Wildman–Crippen LogP) is 16.5.